The lowest BCUT2D eigenvalue weighted by Gasteiger charge is -2.29. The average Bonchev–Trinajstić information content (AvgIpc) is 2.78. The molecule has 8 heteroatoms. The van der Waals surface area contributed by atoms with Gasteiger partial charge in [0, 0.05) is 13.2 Å². The van der Waals surface area contributed by atoms with Crippen LogP contribution in [0, 0.1) is 13.8 Å². The van der Waals surface area contributed by atoms with Crippen LogP contribution in [-0.4, -0.2) is 36.3 Å². The molecule has 3 heterocycles. The molecule has 1 aliphatic rings. The summed E-state index contributed by atoms with van der Waals surface area (Å²) in [7, 11) is -1.96. The zero-order valence-corrected chi connectivity index (χ0v) is 12.9. The molecule has 0 aromatic carbocycles. The van der Waals surface area contributed by atoms with E-state index in [1.54, 1.807) is 30.9 Å². The zero-order chi connectivity index (χ0) is 15.2. The second kappa shape index (κ2) is 4.73. The van der Waals surface area contributed by atoms with Crippen LogP contribution in [0.5, 0.6) is 5.88 Å². The third-order valence-electron chi connectivity index (χ3n) is 3.53. The van der Waals surface area contributed by atoms with Crippen molar-refractivity contribution in [2.24, 2.45) is 7.05 Å². The number of sulfonamides is 1. The molecule has 2 aromatic heterocycles. The predicted molar refractivity (Wildman–Crippen MR) is 76.9 cm³/mol. The first-order valence-electron chi connectivity index (χ1n) is 6.52. The van der Waals surface area contributed by atoms with E-state index in [2.05, 4.69) is 10.1 Å². The molecule has 0 saturated heterocycles. The van der Waals surface area contributed by atoms with Gasteiger partial charge in [0.2, 0.25) is 5.88 Å². The van der Waals surface area contributed by atoms with E-state index in [-0.39, 0.29) is 18.0 Å². The number of ether oxygens (including phenoxy) is 1. The smallest absolute Gasteiger partial charge is 0.268 e. The molecular weight excluding hydrogens is 292 g/mol. The van der Waals surface area contributed by atoms with Crippen LogP contribution in [0.15, 0.2) is 23.4 Å². The molecule has 0 fully saturated rings. The predicted octanol–water partition coefficient (Wildman–Crippen LogP) is 1.02. The van der Waals surface area contributed by atoms with E-state index in [0.717, 1.165) is 5.56 Å². The normalized spacial score (nSPS) is 14.7. The summed E-state index contributed by atoms with van der Waals surface area (Å²) in [6, 6.07) is 1.77. The monoisotopic (exact) mass is 308 g/mol. The number of nitrogens with zero attached hydrogens (tertiary/aromatic N) is 4. The lowest BCUT2D eigenvalue weighted by molar-refractivity contribution is 0.303. The summed E-state index contributed by atoms with van der Waals surface area (Å²) in [5.41, 5.74) is 1.95. The first kappa shape index (κ1) is 13.9. The summed E-state index contributed by atoms with van der Waals surface area (Å²) in [4.78, 5) is 4.36. The van der Waals surface area contributed by atoms with Gasteiger partial charge in [-0.05, 0) is 25.5 Å². The minimum atomic E-state index is -3.67. The maximum Gasteiger partial charge on any atom is 0.268 e. The molecule has 0 unspecified atom stereocenters. The maximum absolute atomic E-state index is 12.9. The minimum Gasteiger partial charge on any atom is -0.474 e. The van der Waals surface area contributed by atoms with Crippen molar-refractivity contribution in [1.29, 1.82) is 0 Å². The number of aromatic nitrogens is 3. The molecule has 0 N–H and O–H groups in total. The Bertz CT molecular complexity index is 798. The molecule has 0 radical (unpaired) electrons. The molecule has 0 saturated carbocycles. The molecule has 0 aliphatic carbocycles. The Balaban J connectivity index is 2.14. The quantitative estimate of drug-likeness (QED) is 0.828. The molecule has 0 amide bonds. The summed E-state index contributed by atoms with van der Waals surface area (Å²) in [6.07, 6.45) is 3.04. The van der Waals surface area contributed by atoms with Crippen molar-refractivity contribution >= 4 is 15.7 Å². The van der Waals surface area contributed by atoms with E-state index >= 15 is 0 Å². The van der Waals surface area contributed by atoms with Gasteiger partial charge in [0.15, 0.2) is 0 Å². The zero-order valence-electron chi connectivity index (χ0n) is 12.1. The van der Waals surface area contributed by atoms with Gasteiger partial charge < -0.3 is 4.74 Å². The number of hydrogen-bond acceptors (Lipinski definition) is 5. The third-order valence-corrected chi connectivity index (χ3v) is 5.45. The Morgan fingerprint density at radius 1 is 1.29 bits per heavy atom. The maximum atomic E-state index is 12.9. The van der Waals surface area contributed by atoms with Crippen molar-refractivity contribution in [3.05, 3.63) is 29.7 Å². The topological polar surface area (TPSA) is 77.3 Å². The Morgan fingerprint density at radius 3 is 2.71 bits per heavy atom. The van der Waals surface area contributed by atoms with E-state index in [9.17, 15) is 8.42 Å². The summed E-state index contributed by atoms with van der Waals surface area (Å²) < 4.78 is 34.1. The van der Waals surface area contributed by atoms with Crippen LogP contribution >= 0.6 is 0 Å². The van der Waals surface area contributed by atoms with E-state index in [1.807, 2.05) is 6.92 Å². The van der Waals surface area contributed by atoms with Gasteiger partial charge in [-0.1, -0.05) is 0 Å². The fourth-order valence-corrected chi connectivity index (χ4v) is 3.90. The number of rotatable bonds is 2. The molecule has 21 heavy (non-hydrogen) atoms. The van der Waals surface area contributed by atoms with Gasteiger partial charge >= 0.3 is 0 Å². The van der Waals surface area contributed by atoms with Gasteiger partial charge in [-0.2, -0.15) is 5.10 Å². The SMILES string of the molecule is Cc1cnc2c(c1)N(S(=O)(=O)c1cnn(C)c1C)CCO2. The average molecular weight is 308 g/mol. The van der Waals surface area contributed by atoms with Gasteiger partial charge in [-0.15, -0.1) is 0 Å². The van der Waals surface area contributed by atoms with Crippen molar-refractivity contribution in [3.8, 4) is 5.88 Å². The lowest BCUT2D eigenvalue weighted by Crippen LogP contribution is -2.38. The number of aryl methyl sites for hydroxylation is 2. The van der Waals surface area contributed by atoms with E-state index in [4.69, 9.17) is 4.74 Å². The van der Waals surface area contributed by atoms with Crippen molar-refractivity contribution in [3.63, 3.8) is 0 Å². The highest BCUT2D eigenvalue weighted by molar-refractivity contribution is 7.92. The minimum absolute atomic E-state index is 0.208. The Morgan fingerprint density at radius 2 is 2.05 bits per heavy atom. The van der Waals surface area contributed by atoms with Crippen molar-refractivity contribution in [1.82, 2.24) is 14.8 Å². The van der Waals surface area contributed by atoms with Gasteiger partial charge in [0.25, 0.3) is 10.0 Å². The van der Waals surface area contributed by atoms with Gasteiger partial charge in [0.05, 0.1) is 18.4 Å². The molecule has 1 aliphatic heterocycles. The molecule has 7 nitrogen and oxygen atoms in total. The number of fused-ring (bicyclic) bond motifs is 1. The van der Waals surface area contributed by atoms with E-state index in [1.165, 1.54) is 10.5 Å². The van der Waals surface area contributed by atoms with Crippen molar-refractivity contribution in [2.45, 2.75) is 18.7 Å². The van der Waals surface area contributed by atoms with E-state index < -0.39 is 10.0 Å². The number of anilines is 1. The molecule has 2 aromatic rings. The van der Waals surface area contributed by atoms with Gasteiger partial charge in [0.1, 0.15) is 17.2 Å². The van der Waals surface area contributed by atoms with Crippen LogP contribution in [0.25, 0.3) is 0 Å². The molecule has 0 spiro atoms. The number of pyridine rings is 1. The number of hydrogen-bond donors (Lipinski definition) is 0. The van der Waals surface area contributed by atoms with Gasteiger partial charge in [-0.25, -0.2) is 13.4 Å². The van der Waals surface area contributed by atoms with Crippen LogP contribution in [0.1, 0.15) is 11.3 Å². The van der Waals surface area contributed by atoms with Crippen LogP contribution < -0.4 is 9.04 Å². The summed E-state index contributed by atoms with van der Waals surface area (Å²) in [5.74, 6) is 0.344. The van der Waals surface area contributed by atoms with Crippen LogP contribution in [0.3, 0.4) is 0 Å². The Labute approximate surface area is 123 Å². The van der Waals surface area contributed by atoms with Crippen molar-refractivity contribution in [2.75, 3.05) is 17.5 Å². The third kappa shape index (κ3) is 2.15. The highest BCUT2D eigenvalue weighted by Gasteiger charge is 2.33. The first-order chi connectivity index (χ1) is 9.91. The Hall–Kier alpha value is -2.09. The second-order valence-corrected chi connectivity index (χ2v) is 6.81. The second-order valence-electron chi connectivity index (χ2n) is 4.98. The first-order valence-corrected chi connectivity index (χ1v) is 7.96. The van der Waals surface area contributed by atoms with Crippen LogP contribution in [0.4, 0.5) is 5.69 Å². The summed E-state index contributed by atoms with van der Waals surface area (Å²) in [6.45, 7) is 4.13. The molecule has 0 atom stereocenters. The Kier molecular flexibility index (Phi) is 3.12. The highest BCUT2D eigenvalue weighted by Crippen LogP contribution is 2.34. The lowest BCUT2D eigenvalue weighted by atomic mass is 10.3. The molecular formula is C13H16N4O3S. The standard InChI is InChI=1S/C13H16N4O3S/c1-9-6-11-13(14-7-9)20-5-4-17(11)21(18,19)12-8-15-16(3)10(12)2/h6-8H,4-5H2,1-3H3. The molecule has 0 bridgehead atoms. The van der Waals surface area contributed by atoms with Crippen molar-refractivity contribution < 1.29 is 13.2 Å². The van der Waals surface area contributed by atoms with E-state index in [0.29, 0.717) is 17.3 Å². The van der Waals surface area contributed by atoms with Crippen LogP contribution in [-0.2, 0) is 17.1 Å². The fraction of sp³-hybridized carbons (Fsp3) is 0.385. The van der Waals surface area contributed by atoms with Crippen LogP contribution in [0.2, 0.25) is 0 Å². The molecule has 3 rings (SSSR count). The largest absolute Gasteiger partial charge is 0.474 e. The summed E-state index contributed by atoms with van der Waals surface area (Å²) in [5, 5.41) is 4.01. The highest BCUT2D eigenvalue weighted by atomic mass is 32.2. The fourth-order valence-electron chi connectivity index (χ4n) is 2.28. The van der Waals surface area contributed by atoms with Gasteiger partial charge in [-0.3, -0.25) is 8.99 Å². The molecule has 112 valence electrons. The summed E-state index contributed by atoms with van der Waals surface area (Å²) >= 11 is 0.